The number of guanidine groups is 1. The summed E-state index contributed by atoms with van der Waals surface area (Å²) in [6, 6.07) is 13.4. The normalized spacial score (nSPS) is 16.5. The molecule has 0 amide bonds. The Hall–Kier alpha value is -2.32. The van der Waals surface area contributed by atoms with Crippen molar-refractivity contribution in [1.82, 2.24) is 15.5 Å². The molecular weight excluding hydrogens is 400 g/mol. The number of sulfone groups is 1. The van der Waals surface area contributed by atoms with Crippen molar-refractivity contribution >= 4 is 15.8 Å². The Balaban J connectivity index is 1.43. The number of nitrogens with zero attached hydrogens (tertiary/aromatic N) is 2. The lowest BCUT2D eigenvalue weighted by molar-refractivity contribution is 0.215. The molecule has 0 spiro atoms. The summed E-state index contributed by atoms with van der Waals surface area (Å²) >= 11 is 0. The largest absolute Gasteiger partial charge is 0.468 e. The zero-order chi connectivity index (χ0) is 21.2. The maximum absolute atomic E-state index is 12.3. The van der Waals surface area contributed by atoms with Crippen LogP contribution < -0.4 is 10.6 Å². The van der Waals surface area contributed by atoms with Gasteiger partial charge in [0.15, 0.2) is 15.8 Å². The molecule has 0 bridgehead atoms. The summed E-state index contributed by atoms with van der Waals surface area (Å²) in [6.07, 6.45) is 4.66. The summed E-state index contributed by atoms with van der Waals surface area (Å²) in [5.74, 6) is 1.86. The first-order chi connectivity index (χ1) is 14.6. The van der Waals surface area contributed by atoms with E-state index in [-0.39, 0.29) is 17.5 Å². The zero-order valence-electron chi connectivity index (χ0n) is 17.6. The van der Waals surface area contributed by atoms with E-state index >= 15 is 0 Å². The van der Waals surface area contributed by atoms with Gasteiger partial charge in [0.05, 0.1) is 23.8 Å². The van der Waals surface area contributed by atoms with Crippen molar-refractivity contribution in [2.75, 3.05) is 39.0 Å². The van der Waals surface area contributed by atoms with E-state index in [9.17, 15) is 8.42 Å². The van der Waals surface area contributed by atoms with Crippen LogP contribution in [-0.2, 0) is 15.6 Å². The molecule has 30 heavy (non-hydrogen) atoms. The molecule has 0 radical (unpaired) electrons. The number of hydrogen-bond donors (Lipinski definition) is 2. The van der Waals surface area contributed by atoms with Crippen LogP contribution in [0.3, 0.4) is 0 Å². The Morgan fingerprint density at radius 1 is 1.13 bits per heavy atom. The Kier molecular flexibility index (Phi) is 8.33. The average molecular weight is 433 g/mol. The van der Waals surface area contributed by atoms with Gasteiger partial charge in [-0.05, 0) is 50.0 Å². The quantitative estimate of drug-likeness (QED) is 0.341. The third-order valence-corrected chi connectivity index (χ3v) is 6.98. The van der Waals surface area contributed by atoms with Gasteiger partial charge in [-0.25, -0.2) is 8.42 Å². The van der Waals surface area contributed by atoms with Gasteiger partial charge < -0.3 is 15.1 Å². The molecule has 0 aliphatic carbocycles. The number of rotatable bonds is 10. The summed E-state index contributed by atoms with van der Waals surface area (Å²) in [5.41, 5.74) is 0.828. The molecule has 164 valence electrons. The van der Waals surface area contributed by atoms with Gasteiger partial charge in [0.25, 0.3) is 0 Å². The van der Waals surface area contributed by atoms with Crippen LogP contribution in [0.4, 0.5) is 0 Å². The molecule has 0 saturated carbocycles. The van der Waals surface area contributed by atoms with E-state index in [0.29, 0.717) is 25.5 Å². The van der Waals surface area contributed by atoms with E-state index < -0.39 is 9.84 Å². The molecule has 3 rings (SSSR count). The van der Waals surface area contributed by atoms with E-state index in [1.165, 1.54) is 12.8 Å². The van der Waals surface area contributed by atoms with Gasteiger partial charge in [-0.2, -0.15) is 0 Å². The molecule has 2 N–H and O–H groups in total. The predicted molar refractivity (Wildman–Crippen MR) is 120 cm³/mol. The van der Waals surface area contributed by atoms with E-state index in [1.807, 2.05) is 42.5 Å². The van der Waals surface area contributed by atoms with Gasteiger partial charge in [-0.1, -0.05) is 30.3 Å². The number of benzene rings is 1. The van der Waals surface area contributed by atoms with Crippen LogP contribution in [0.1, 0.15) is 36.6 Å². The minimum Gasteiger partial charge on any atom is -0.468 e. The first kappa shape index (κ1) is 22.4. The first-order valence-corrected chi connectivity index (χ1v) is 12.4. The second-order valence-electron chi connectivity index (χ2n) is 7.59. The van der Waals surface area contributed by atoms with E-state index in [1.54, 1.807) is 13.3 Å². The topological polar surface area (TPSA) is 86.9 Å². The number of likely N-dealkylation sites (tertiary alicyclic amines) is 1. The molecule has 1 atom stereocenters. The molecule has 8 heteroatoms. The van der Waals surface area contributed by atoms with E-state index in [2.05, 4.69) is 20.5 Å². The van der Waals surface area contributed by atoms with Gasteiger partial charge in [-0.15, -0.1) is 0 Å². The summed E-state index contributed by atoms with van der Waals surface area (Å²) in [6.45, 7) is 3.36. The lowest BCUT2D eigenvalue weighted by atomic mass is 10.2. The second-order valence-corrected chi connectivity index (χ2v) is 9.77. The number of furan rings is 1. The lowest BCUT2D eigenvalue weighted by Crippen LogP contribution is -2.43. The summed E-state index contributed by atoms with van der Waals surface area (Å²) in [4.78, 5) is 6.69. The highest BCUT2D eigenvalue weighted by molar-refractivity contribution is 7.90. The van der Waals surface area contributed by atoms with E-state index in [0.717, 1.165) is 24.4 Å². The molecular formula is C22H32N4O3S. The van der Waals surface area contributed by atoms with Crippen molar-refractivity contribution in [1.29, 1.82) is 0 Å². The Morgan fingerprint density at radius 3 is 2.57 bits per heavy atom. The number of hydrogen-bond acceptors (Lipinski definition) is 5. The molecule has 2 aromatic rings. The molecule has 1 aliphatic heterocycles. The van der Waals surface area contributed by atoms with Gasteiger partial charge in [0.2, 0.25) is 0 Å². The summed E-state index contributed by atoms with van der Waals surface area (Å²) < 4.78 is 30.3. The van der Waals surface area contributed by atoms with Crippen molar-refractivity contribution < 1.29 is 12.8 Å². The van der Waals surface area contributed by atoms with Crippen LogP contribution in [-0.4, -0.2) is 58.3 Å². The van der Waals surface area contributed by atoms with Crippen LogP contribution in [0.15, 0.2) is 58.1 Å². The van der Waals surface area contributed by atoms with Crippen LogP contribution in [0.5, 0.6) is 0 Å². The maximum atomic E-state index is 12.3. The van der Waals surface area contributed by atoms with Crippen molar-refractivity contribution in [3.05, 3.63) is 60.1 Å². The molecule has 1 saturated heterocycles. The fourth-order valence-electron chi connectivity index (χ4n) is 3.76. The van der Waals surface area contributed by atoms with Gasteiger partial charge in [0, 0.05) is 20.1 Å². The fourth-order valence-corrected chi connectivity index (χ4v) is 5.19. The fraction of sp³-hybridized carbons (Fsp3) is 0.500. The van der Waals surface area contributed by atoms with Crippen LogP contribution in [0.25, 0.3) is 0 Å². The molecule has 7 nitrogen and oxygen atoms in total. The number of nitrogens with one attached hydrogen (secondary N) is 2. The minimum atomic E-state index is -3.13. The van der Waals surface area contributed by atoms with Crippen LogP contribution >= 0.6 is 0 Å². The third kappa shape index (κ3) is 6.88. The van der Waals surface area contributed by atoms with Crippen molar-refractivity contribution in [2.45, 2.75) is 31.1 Å². The highest BCUT2D eigenvalue weighted by Gasteiger charge is 2.25. The van der Waals surface area contributed by atoms with E-state index in [4.69, 9.17) is 4.42 Å². The molecule has 1 aromatic heterocycles. The SMILES string of the molecule is CN=C(NCCCS(=O)(=O)Cc1ccccc1)NCC(c1ccco1)N1CCCC1. The highest BCUT2D eigenvalue weighted by atomic mass is 32.2. The standard InChI is InChI=1S/C22H32N4O3S/c1-23-22(24-12-8-16-30(27,28)18-19-9-3-2-4-10-19)25-17-20(21-11-7-15-29-21)26-13-5-6-14-26/h2-4,7,9-11,15,20H,5-6,8,12-14,16-18H2,1H3,(H2,23,24,25). The molecule has 1 unspecified atom stereocenters. The highest BCUT2D eigenvalue weighted by Crippen LogP contribution is 2.24. The number of aliphatic imine (C=N–C) groups is 1. The zero-order valence-corrected chi connectivity index (χ0v) is 18.4. The maximum Gasteiger partial charge on any atom is 0.191 e. The second kappa shape index (κ2) is 11.2. The van der Waals surface area contributed by atoms with Crippen LogP contribution in [0.2, 0.25) is 0 Å². The molecule has 2 heterocycles. The van der Waals surface area contributed by atoms with Gasteiger partial charge >= 0.3 is 0 Å². The lowest BCUT2D eigenvalue weighted by Gasteiger charge is -2.26. The average Bonchev–Trinajstić information content (AvgIpc) is 3.45. The van der Waals surface area contributed by atoms with Crippen LogP contribution in [0, 0.1) is 0 Å². The van der Waals surface area contributed by atoms with Gasteiger partial charge in [-0.3, -0.25) is 9.89 Å². The molecule has 1 aromatic carbocycles. The Morgan fingerprint density at radius 2 is 1.90 bits per heavy atom. The third-order valence-electron chi connectivity index (χ3n) is 5.29. The minimum absolute atomic E-state index is 0.0848. The summed E-state index contributed by atoms with van der Waals surface area (Å²) in [5, 5.41) is 6.58. The van der Waals surface area contributed by atoms with Crippen molar-refractivity contribution in [3.63, 3.8) is 0 Å². The molecule has 1 aliphatic rings. The Bertz CT molecular complexity index is 876. The first-order valence-electron chi connectivity index (χ1n) is 10.5. The summed E-state index contributed by atoms with van der Waals surface area (Å²) in [7, 11) is -1.40. The monoisotopic (exact) mass is 432 g/mol. The smallest absolute Gasteiger partial charge is 0.191 e. The predicted octanol–water partition coefficient (Wildman–Crippen LogP) is 2.59. The Labute approximate surface area is 179 Å². The molecule has 1 fully saturated rings. The van der Waals surface area contributed by atoms with Crippen molar-refractivity contribution in [3.8, 4) is 0 Å². The van der Waals surface area contributed by atoms with Crippen molar-refractivity contribution in [2.24, 2.45) is 4.99 Å². The van der Waals surface area contributed by atoms with Gasteiger partial charge in [0.1, 0.15) is 5.76 Å².